The van der Waals surface area contributed by atoms with Crippen LogP contribution in [0, 0.1) is 0 Å². The molecule has 0 radical (unpaired) electrons. The molecule has 25 heavy (non-hydrogen) atoms. The van der Waals surface area contributed by atoms with Gasteiger partial charge >= 0.3 is 6.03 Å². The van der Waals surface area contributed by atoms with Gasteiger partial charge in [-0.15, -0.1) is 0 Å². The van der Waals surface area contributed by atoms with Gasteiger partial charge in [-0.25, -0.2) is 14.5 Å². The molecule has 1 unspecified atom stereocenters. The molecule has 3 aromatic heterocycles. The van der Waals surface area contributed by atoms with Gasteiger partial charge in [0.2, 0.25) is 0 Å². The Labute approximate surface area is 144 Å². The molecule has 128 valence electrons. The topological polar surface area (TPSA) is 91.7 Å². The Kier molecular flexibility index (Phi) is 4.16. The van der Waals surface area contributed by atoms with Crippen molar-refractivity contribution in [2.24, 2.45) is 0 Å². The first-order valence-corrected chi connectivity index (χ1v) is 8.30. The van der Waals surface area contributed by atoms with Crippen molar-refractivity contribution in [2.75, 3.05) is 18.4 Å². The minimum Gasteiger partial charge on any atom is -0.324 e. The lowest BCUT2D eigenvalue weighted by molar-refractivity contribution is 0.193. The maximum Gasteiger partial charge on any atom is 0.321 e. The van der Waals surface area contributed by atoms with E-state index in [1.807, 2.05) is 41.7 Å². The van der Waals surface area contributed by atoms with Gasteiger partial charge in [0.15, 0.2) is 5.82 Å². The molecule has 4 heterocycles. The highest BCUT2D eigenvalue weighted by Gasteiger charge is 2.25. The van der Waals surface area contributed by atoms with Crippen LogP contribution in [0.3, 0.4) is 0 Å². The first kappa shape index (κ1) is 15.4. The lowest BCUT2D eigenvalue weighted by Crippen LogP contribution is -2.41. The number of carbonyl (C=O) groups is 1. The van der Waals surface area contributed by atoms with Gasteiger partial charge in [-0.3, -0.25) is 5.10 Å². The molecular formula is C17H19N7O. The second kappa shape index (κ2) is 6.76. The van der Waals surface area contributed by atoms with Crippen LogP contribution in [0.2, 0.25) is 0 Å². The van der Waals surface area contributed by atoms with Gasteiger partial charge in [0.1, 0.15) is 0 Å². The summed E-state index contributed by atoms with van der Waals surface area (Å²) in [6, 6.07) is 5.40. The Bertz CT molecular complexity index is 811. The molecule has 0 aromatic carbocycles. The first-order valence-electron chi connectivity index (χ1n) is 8.30. The molecule has 2 amide bonds. The Morgan fingerprint density at radius 3 is 3.00 bits per heavy atom. The largest absolute Gasteiger partial charge is 0.324 e. The van der Waals surface area contributed by atoms with Crippen molar-refractivity contribution >= 4 is 11.7 Å². The Morgan fingerprint density at radius 1 is 1.32 bits per heavy atom. The summed E-state index contributed by atoms with van der Waals surface area (Å²) < 4.78 is 1.67. The number of aromatic amines is 1. The van der Waals surface area contributed by atoms with Crippen LogP contribution in [-0.2, 0) is 0 Å². The molecule has 1 aliphatic rings. The highest BCUT2D eigenvalue weighted by Crippen LogP contribution is 2.26. The van der Waals surface area contributed by atoms with Crippen molar-refractivity contribution in [3.8, 4) is 5.82 Å². The van der Waals surface area contributed by atoms with E-state index in [4.69, 9.17) is 0 Å². The molecule has 2 N–H and O–H groups in total. The summed E-state index contributed by atoms with van der Waals surface area (Å²) in [7, 11) is 0. The number of amides is 2. The number of nitrogens with zero attached hydrogens (tertiary/aromatic N) is 5. The lowest BCUT2D eigenvalue weighted by atomic mass is 9.93. The third kappa shape index (κ3) is 3.37. The third-order valence-corrected chi connectivity index (χ3v) is 4.44. The molecule has 4 rings (SSSR count). The number of nitrogens with one attached hydrogen (secondary N) is 2. The van der Waals surface area contributed by atoms with Crippen LogP contribution in [-0.4, -0.2) is 49.0 Å². The summed E-state index contributed by atoms with van der Waals surface area (Å²) in [5, 5.41) is 13.9. The molecule has 8 nitrogen and oxygen atoms in total. The van der Waals surface area contributed by atoms with Crippen molar-refractivity contribution in [3.05, 3.63) is 54.7 Å². The van der Waals surface area contributed by atoms with Crippen molar-refractivity contribution in [1.29, 1.82) is 0 Å². The Hall–Kier alpha value is -3.16. The standard InChI is InChI=1S/C17H19N7O/c25-17(23-7-1-3-13(12-23)14-9-19-20-10-14)22-15-4-5-16(18-11-15)24-8-2-6-21-24/h2,4-6,8-11,13H,1,3,7,12H2,(H,19,20)(H,22,25). The summed E-state index contributed by atoms with van der Waals surface area (Å²) in [5.41, 5.74) is 1.83. The number of carbonyl (C=O) groups excluding carboxylic acids is 1. The van der Waals surface area contributed by atoms with Gasteiger partial charge in [-0.1, -0.05) is 0 Å². The second-order valence-corrected chi connectivity index (χ2v) is 6.10. The van der Waals surface area contributed by atoms with Gasteiger partial charge < -0.3 is 10.2 Å². The molecular weight excluding hydrogens is 318 g/mol. The molecule has 3 aromatic rings. The fourth-order valence-corrected chi connectivity index (χ4v) is 3.12. The van der Waals surface area contributed by atoms with E-state index in [1.54, 1.807) is 17.1 Å². The fourth-order valence-electron chi connectivity index (χ4n) is 3.12. The molecule has 0 aliphatic carbocycles. The van der Waals surface area contributed by atoms with Crippen molar-refractivity contribution in [3.63, 3.8) is 0 Å². The van der Waals surface area contributed by atoms with E-state index in [-0.39, 0.29) is 6.03 Å². The number of hydrogen-bond donors (Lipinski definition) is 2. The van der Waals surface area contributed by atoms with E-state index in [0.717, 1.165) is 24.9 Å². The lowest BCUT2D eigenvalue weighted by Gasteiger charge is -2.32. The summed E-state index contributed by atoms with van der Waals surface area (Å²) in [6.07, 6.45) is 11.0. The predicted octanol–water partition coefficient (Wildman–Crippen LogP) is 2.40. The maximum atomic E-state index is 12.5. The zero-order valence-corrected chi connectivity index (χ0v) is 13.7. The molecule has 1 fully saturated rings. The predicted molar refractivity (Wildman–Crippen MR) is 92.5 cm³/mol. The second-order valence-electron chi connectivity index (χ2n) is 6.10. The number of urea groups is 1. The monoisotopic (exact) mass is 337 g/mol. The quantitative estimate of drug-likeness (QED) is 0.768. The zero-order chi connectivity index (χ0) is 17.1. The van der Waals surface area contributed by atoms with E-state index in [1.165, 1.54) is 0 Å². The first-order chi connectivity index (χ1) is 12.3. The van der Waals surface area contributed by atoms with Crippen LogP contribution in [0.5, 0.6) is 0 Å². The maximum absolute atomic E-state index is 12.5. The molecule has 1 atom stereocenters. The Morgan fingerprint density at radius 2 is 2.28 bits per heavy atom. The number of anilines is 1. The summed E-state index contributed by atoms with van der Waals surface area (Å²) in [6.45, 7) is 1.46. The summed E-state index contributed by atoms with van der Waals surface area (Å²) in [5.74, 6) is 1.04. The highest BCUT2D eigenvalue weighted by molar-refractivity contribution is 5.89. The fraction of sp³-hybridized carbons (Fsp3) is 0.294. The highest BCUT2D eigenvalue weighted by atomic mass is 16.2. The van der Waals surface area contributed by atoms with Crippen LogP contribution >= 0.6 is 0 Å². The van der Waals surface area contributed by atoms with Gasteiger partial charge in [0, 0.05) is 37.6 Å². The van der Waals surface area contributed by atoms with E-state index < -0.39 is 0 Å². The average Bonchev–Trinajstić information content (AvgIpc) is 3.36. The van der Waals surface area contributed by atoms with Gasteiger partial charge in [0.05, 0.1) is 18.1 Å². The van der Waals surface area contributed by atoms with Gasteiger partial charge in [-0.05, 0) is 36.6 Å². The van der Waals surface area contributed by atoms with Gasteiger partial charge in [0.25, 0.3) is 0 Å². The van der Waals surface area contributed by atoms with E-state index in [0.29, 0.717) is 24.0 Å². The number of piperidine rings is 1. The Balaban J connectivity index is 1.39. The minimum atomic E-state index is -0.0955. The molecule has 1 aliphatic heterocycles. The average molecular weight is 337 g/mol. The number of rotatable bonds is 3. The molecule has 0 bridgehead atoms. The summed E-state index contributed by atoms with van der Waals surface area (Å²) in [4.78, 5) is 18.7. The molecule has 1 saturated heterocycles. The number of pyridine rings is 1. The number of aromatic nitrogens is 5. The van der Waals surface area contributed by atoms with Crippen LogP contribution in [0.15, 0.2) is 49.2 Å². The van der Waals surface area contributed by atoms with Crippen molar-refractivity contribution < 1.29 is 4.79 Å². The molecule has 8 heteroatoms. The van der Waals surface area contributed by atoms with Crippen LogP contribution < -0.4 is 5.32 Å². The molecule has 0 spiro atoms. The zero-order valence-electron chi connectivity index (χ0n) is 13.7. The van der Waals surface area contributed by atoms with Gasteiger partial charge in [-0.2, -0.15) is 10.2 Å². The SMILES string of the molecule is O=C(Nc1ccc(-n2cccn2)nc1)N1CCCC(c2cn[nH]c2)C1. The smallest absolute Gasteiger partial charge is 0.321 e. The van der Waals surface area contributed by atoms with Crippen molar-refractivity contribution in [1.82, 2.24) is 29.9 Å². The summed E-state index contributed by atoms with van der Waals surface area (Å²) >= 11 is 0. The number of H-pyrrole nitrogens is 1. The van der Waals surface area contributed by atoms with Crippen LogP contribution in [0.4, 0.5) is 10.5 Å². The number of likely N-dealkylation sites (tertiary alicyclic amines) is 1. The normalized spacial score (nSPS) is 17.4. The van der Waals surface area contributed by atoms with Crippen LogP contribution in [0.25, 0.3) is 5.82 Å². The minimum absolute atomic E-state index is 0.0955. The van der Waals surface area contributed by atoms with E-state index in [9.17, 15) is 4.79 Å². The van der Waals surface area contributed by atoms with E-state index >= 15 is 0 Å². The van der Waals surface area contributed by atoms with E-state index in [2.05, 4.69) is 25.6 Å². The molecule has 0 saturated carbocycles. The number of hydrogen-bond acceptors (Lipinski definition) is 4. The third-order valence-electron chi connectivity index (χ3n) is 4.44. The van der Waals surface area contributed by atoms with Crippen molar-refractivity contribution in [2.45, 2.75) is 18.8 Å². The van der Waals surface area contributed by atoms with Crippen LogP contribution in [0.1, 0.15) is 24.3 Å².